The molecule has 0 aliphatic rings. The molecule has 31 heavy (non-hydrogen) atoms. The number of aromatic nitrogens is 4. The number of aryl methyl sites for hydroxylation is 1. The summed E-state index contributed by atoms with van der Waals surface area (Å²) >= 11 is 0. The van der Waals surface area contributed by atoms with Crippen molar-refractivity contribution in [2.45, 2.75) is 39.3 Å². The summed E-state index contributed by atoms with van der Waals surface area (Å²) in [5.74, 6) is -0.415. The van der Waals surface area contributed by atoms with E-state index in [0.29, 0.717) is 22.7 Å². The van der Waals surface area contributed by atoms with Gasteiger partial charge in [0.15, 0.2) is 0 Å². The van der Waals surface area contributed by atoms with Crippen LogP contribution in [0.2, 0.25) is 0 Å². The van der Waals surface area contributed by atoms with Crippen LogP contribution in [0.5, 0.6) is 5.75 Å². The molecule has 1 atom stereocenters. The Labute approximate surface area is 178 Å². The Morgan fingerprint density at radius 3 is 2.48 bits per heavy atom. The zero-order valence-electron chi connectivity index (χ0n) is 17.4. The maximum atomic E-state index is 13.6. The molecule has 2 aromatic carbocycles. The lowest BCUT2D eigenvalue weighted by atomic mass is 10.1. The zero-order valence-corrected chi connectivity index (χ0v) is 17.4. The summed E-state index contributed by atoms with van der Waals surface area (Å²) in [5, 5.41) is 11.2. The van der Waals surface area contributed by atoms with Crippen molar-refractivity contribution in [1.29, 1.82) is 0 Å². The fourth-order valence-electron chi connectivity index (χ4n) is 2.93. The van der Waals surface area contributed by atoms with Gasteiger partial charge in [-0.3, -0.25) is 20.4 Å². The number of hydrogen-bond acceptors (Lipinski definition) is 6. The van der Waals surface area contributed by atoms with Gasteiger partial charge < -0.3 is 4.74 Å². The van der Waals surface area contributed by atoms with Crippen molar-refractivity contribution in [3.8, 4) is 5.75 Å². The standard InChI is InChI=1S/C21H23FN6O3/c1-13(2)31-18-9-7-16(8-10-18)20(29)24-25-21(30)19(28-14(3)23-26-27-28)12-15-5-4-6-17(22)11-15/h4-11,13,19H,12H2,1-3H3,(H,24,29)(H,25,30). The number of nitrogens with one attached hydrogen (secondary N) is 2. The molecule has 162 valence electrons. The largest absolute Gasteiger partial charge is 0.491 e. The van der Waals surface area contributed by atoms with Gasteiger partial charge in [-0.1, -0.05) is 12.1 Å². The molecule has 1 heterocycles. The van der Waals surface area contributed by atoms with E-state index >= 15 is 0 Å². The first-order valence-corrected chi connectivity index (χ1v) is 9.69. The van der Waals surface area contributed by atoms with Crippen LogP contribution >= 0.6 is 0 Å². The van der Waals surface area contributed by atoms with Crippen LogP contribution in [0.1, 0.15) is 41.6 Å². The highest BCUT2D eigenvalue weighted by atomic mass is 19.1. The van der Waals surface area contributed by atoms with Gasteiger partial charge in [-0.2, -0.15) is 0 Å². The fraction of sp³-hybridized carbons (Fsp3) is 0.286. The van der Waals surface area contributed by atoms with Crippen LogP contribution in [0.15, 0.2) is 48.5 Å². The smallest absolute Gasteiger partial charge is 0.269 e. The van der Waals surface area contributed by atoms with E-state index in [1.807, 2.05) is 13.8 Å². The van der Waals surface area contributed by atoms with Crippen molar-refractivity contribution in [2.75, 3.05) is 0 Å². The molecule has 2 N–H and O–H groups in total. The highest BCUT2D eigenvalue weighted by Crippen LogP contribution is 2.16. The normalized spacial score (nSPS) is 11.8. The van der Waals surface area contributed by atoms with Crippen LogP contribution in [-0.4, -0.2) is 38.1 Å². The third kappa shape index (κ3) is 5.84. The molecule has 1 unspecified atom stereocenters. The number of tetrazole rings is 1. The third-order valence-corrected chi connectivity index (χ3v) is 4.36. The molecule has 0 bridgehead atoms. The van der Waals surface area contributed by atoms with Gasteiger partial charge in [0.1, 0.15) is 23.4 Å². The number of carbonyl (C=O) groups is 2. The first kappa shape index (κ1) is 21.9. The fourth-order valence-corrected chi connectivity index (χ4v) is 2.93. The van der Waals surface area contributed by atoms with Crippen molar-refractivity contribution >= 4 is 11.8 Å². The highest BCUT2D eigenvalue weighted by molar-refractivity contribution is 5.95. The Balaban J connectivity index is 1.68. The van der Waals surface area contributed by atoms with Crippen LogP contribution in [0.4, 0.5) is 4.39 Å². The first-order chi connectivity index (χ1) is 14.8. The minimum absolute atomic E-state index is 0.0173. The number of amides is 2. The Bertz CT molecular complexity index is 1050. The molecule has 1 aromatic heterocycles. The summed E-state index contributed by atoms with van der Waals surface area (Å²) in [4.78, 5) is 25.2. The van der Waals surface area contributed by atoms with Gasteiger partial charge in [0.2, 0.25) is 0 Å². The number of halogens is 1. The van der Waals surface area contributed by atoms with Crippen LogP contribution in [0.3, 0.4) is 0 Å². The van der Waals surface area contributed by atoms with Gasteiger partial charge in [-0.25, -0.2) is 9.07 Å². The number of ether oxygens (including phenoxy) is 1. The van der Waals surface area contributed by atoms with Crippen molar-refractivity contribution in [3.63, 3.8) is 0 Å². The van der Waals surface area contributed by atoms with E-state index < -0.39 is 23.7 Å². The second kappa shape index (κ2) is 9.79. The predicted molar refractivity (Wildman–Crippen MR) is 110 cm³/mol. The molecule has 0 aliphatic carbocycles. The van der Waals surface area contributed by atoms with Crippen molar-refractivity contribution in [3.05, 3.63) is 71.3 Å². The lowest BCUT2D eigenvalue weighted by molar-refractivity contribution is -0.125. The molecule has 0 fully saturated rings. The average molecular weight is 426 g/mol. The average Bonchev–Trinajstić information content (AvgIpc) is 3.15. The van der Waals surface area contributed by atoms with Gasteiger partial charge in [-0.05, 0) is 73.2 Å². The predicted octanol–water partition coefficient (Wildman–Crippen LogP) is 2.15. The summed E-state index contributed by atoms with van der Waals surface area (Å²) in [5.41, 5.74) is 5.71. The second-order valence-electron chi connectivity index (χ2n) is 7.15. The van der Waals surface area contributed by atoms with Crippen molar-refractivity contribution < 1.29 is 18.7 Å². The van der Waals surface area contributed by atoms with Crippen molar-refractivity contribution in [2.24, 2.45) is 0 Å². The van der Waals surface area contributed by atoms with Gasteiger partial charge in [0.05, 0.1) is 6.10 Å². The van der Waals surface area contributed by atoms with Crippen LogP contribution in [0, 0.1) is 12.7 Å². The molecule has 0 aliphatic heterocycles. The summed E-state index contributed by atoms with van der Waals surface area (Å²) in [6.07, 6.45) is 0.149. The molecular weight excluding hydrogens is 403 g/mol. The number of rotatable bonds is 7. The van der Waals surface area contributed by atoms with Gasteiger partial charge in [-0.15, -0.1) is 5.10 Å². The third-order valence-electron chi connectivity index (χ3n) is 4.36. The van der Waals surface area contributed by atoms with E-state index in [0.717, 1.165) is 0 Å². The topological polar surface area (TPSA) is 111 Å². The Morgan fingerprint density at radius 2 is 1.87 bits per heavy atom. The molecule has 0 spiro atoms. The Hall–Kier alpha value is -3.82. The SMILES string of the molecule is Cc1nnnn1C(Cc1cccc(F)c1)C(=O)NNC(=O)c1ccc(OC(C)C)cc1. The number of carbonyl (C=O) groups excluding carboxylic acids is 2. The Kier molecular flexibility index (Phi) is 6.91. The van der Waals surface area contributed by atoms with E-state index in [-0.39, 0.29) is 12.5 Å². The van der Waals surface area contributed by atoms with Gasteiger partial charge in [0, 0.05) is 12.0 Å². The van der Waals surface area contributed by atoms with Crippen LogP contribution in [-0.2, 0) is 11.2 Å². The van der Waals surface area contributed by atoms with E-state index in [1.54, 1.807) is 43.3 Å². The highest BCUT2D eigenvalue weighted by Gasteiger charge is 2.25. The summed E-state index contributed by atoms with van der Waals surface area (Å²) < 4.78 is 20.4. The zero-order chi connectivity index (χ0) is 22.4. The number of hydrogen-bond donors (Lipinski definition) is 2. The minimum atomic E-state index is -0.890. The van der Waals surface area contributed by atoms with Crippen LogP contribution in [0.25, 0.3) is 0 Å². The van der Waals surface area contributed by atoms with Crippen LogP contribution < -0.4 is 15.6 Å². The maximum absolute atomic E-state index is 13.6. The van der Waals surface area contributed by atoms with E-state index in [4.69, 9.17) is 4.74 Å². The molecule has 10 heteroatoms. The summed E-state index contributed by atoms with van der Waals surface area (Å²) in [6, 6.07) is 11.5. The summed E-state index contributed by atoms with van der Waals surface area (Å²) in [7, 11) is 0. The van der Waals surface area contributed by atoms with Gasteiger partial charge >= 0.3 is 0 Å². The van der Waals surface area contributed by atoms with E-state index in [9.17, 15) is 14.0 Å². The minimum Gasteiger partial charge on any atom is -0.491 e. The molecule has 3 rings (SSSR count). The Morgan fingerprint density at radius 1 is 1.13 bits per heavy atom. The molecule has 2 amide bonds. The number of nitrogens with zero attached hydrogens (tertiary/aromatic N) is 4. The molecule has 0 saturated carbocycles. The quantitative estimate of drug-likeness (QED) is 0.560. The molecule has 3 aromatic rings. The maximum Gasteiger partial charge on any atom is 0.269 e. The number of benzene rings is 2. The molecular formula is C21H23FN6O3. The van der Waals surface area contributed by atoms with E-state index in [1.165, 1.54) is 16.8 Å². The molecule has 9 nitrogen and oxygen atoms in total. The van der Waals surface area contributed by atoms with E-state index in [2.05, 4.69) is 26.4 Å². The van der Waals surface area contributed by atoms with Gasteiger partial charge in [0.25, 0.3) is 11.8 Å². The molecule has 0 radical (unpaired) electrons. The monoisotopic (exact) mass is 426 g/mol. The van der Waals surface area contributed by atoms with Crippen molar-refractivity contribution in [1.82, 2.24) is 31.1 Å². The molecule has 0 saturated heterocycles. The summed E-state index contributed by atoms with van der Waals surface area (Å²) in [6.45, 7) is 5.46. The lowest BCUT2D eigenvalue weighted by Crippen LogP contribution is -2.46. The number of hydrazine groups is 1. The second-order valence-corrected chi connectivity index (χ2v) is 7.15. The lowest BCUT2D eigenvalue weighted by Gasteiger charge is -2.18. The first-order valence-electron chi connectivity index (χ1n) is 9.69.